The lowest BCUT2D eigenvalue weighted by atomic mass is 10.3. The summed E-state index contributed by atoms with van der Waals surface area (Å²) >= 11 is 0.736. The summed E-state index contributed by atoms with van der Waals surface area (Å²) in [6, 6.07) is 0. The zero-order valence-electron chi connectivity index (χ0n) is 8.43. The van der Waals surface area contributed by atoms with Crippen LogP contribution in [0.25, 0.3) is 0 Å². The van der Waals surface area contributed by atoms with Crippen LogP contribution in [0.4, 0.5) is 13.2 Å². The van der Waals surface area contributed by atoms with Crippen LogP contribution in [0.1, 0.15) is 6.92 Å². The summed E-state index contributed by atoms with van der Waals surface area (Å²) in [5.74, 6) is -0.757. The van der Waals surface area contributed by atoms with Gasteiger partial charge in [0.2, 0.25) is 0 Å². The summed E-state index contributed by atoms with van der Waals surface area (Å²) in [6.45, 7) is 4.64. The molecule has 16 heavy (non-hydrogen) atoms. The number of halogens is 3. The predicted molar refractivity (Wildman–Crippen MR) is 54.4 cm³/mol. The molecule has 1 heterocycles. The number of hydrogen-bond donors (Lipinski definition) is 1. The minimum Gasteiger partial charge on any atom is -0.459 e. The Balaban J connectivity index is 2.65. The highest BCUT2D eigenvalue weighted by molar-refractivity contribution is 8.04. The molecule has 0 aromatic heterocycles. The van der Waals surface area contributed by atoms with Crippen LogP contribution in [-0.2, 0) is 9.53 Å². The van der Waals surface area contributed by atoms with Gasteiger partial charge >= 0.3 is 12.1 Å². The number of alkyl halides is 3. The van der Waals surface area contributed by atoms with Gasteiger partial charge in [0.05, 0.1) is 0 Å². The average molecular weight is 253 g/mol. The van der Waals surface area contributed by atoms with Gasteiger partial charge in [-0.05, 0) is 6.92 Å². The highest BCUT2D eigenvalue weighted by Crippen LogP contribution is 2.38. The van der Waals surface area contributed by atoms with E-state index in [1.165, 1.54) is 13.0 Å². The molecule has 0 saturated carbocycles. The zero-order valence-corrected chi connectivity index (χ0v) is 9.24. The lowest BCUT2D eigenvalue weighted by Crippen LogP contribution is -2.46. The molecule has 1 aliphatic heterocycles. The third kappa shape index (κ3) is 2.72. The molecule has 90 valence electrons. The van der Waals surface area contributed by atoms with Gasteiger partial charge in [0.15, 0.2) is 4.87 Å². The Kier molecular flexibility index (Phi) is 3.57. The monoisotopic (exact) mass is 253 g/mol. The first-order valence-electron chi connectivity index (χ1n) is 4.31. The fraction of sp³-hybridized carbons (Fsp3) is 0.444. The zero-order chi connectivity index (χ0) is 12.4. The third-order valence-corrected chi connectivity index (χ3v) is 2.91. The molecule has 0 aromatic carbocycles. The van der Waals surface area contributed by atoms with E-state index in [0.29, 0.717) is 0 Å². The Labute approximate surface area is 94.7 Å². The topological polar surface area (TPSA) is 38.3 Å². The van der Waals surface area contributed by atoms with Crippen molar-refractivity contribution in [1.82, 2.24) is 5.32 Å². The second-order valence-electron chi connectivity index (χ2n) is 3.19. The maximum atomic E-state index is 12.3. The summed E-state index contributed by atoms with van der Waals surface area (Å²) in [4.78, 5) is 10.0. The van der Waals surface area contributed by atoms with Gasteiger partial charge in [0, 0.05) is 5.41 Å². The Morgan fingerprint density at radius 2 is 2.38 bits per heavy atom. The lowest BCUT2D eigenvalue weighted by Gasteiger charge is -2.23. The molecule has 7 heteroatoms. The number of nitrogens with one attached hydrogen (secondary N) is 1. The van der Waals surface area contributed by atoms with Crippen LogP contribution in [0.2, 0.25) is 0 Å². The SMILES string of the molecule is C=CCOC(=O)C1(C)NC(C(F)(F)F)=CS1. The van der Waals surface area contributed by atoms with Crippen molar-refractivity contribution in [3.8, 4) is 0 Å². The van der Waals surface area contributed by atoms with E-state index in [9.17, 15) is 18.0 Å². The van der Waals surface area contributed by atoms with Crippen LogP contribution < -0.4 is 5.32 Å². The van der Waals surface area contributed by atoms with Crippen LogP contribution in [-0.4, -0.2) is 23.6 Å². The van der Waals surface area contributed by atoms with E-state index in [0.717, 1.165) is 17.2 Å². The van der Waals surface area contributed by atoms with E-state index in [4.69, 9.17) is 4.74 Å². The molecule has 0 bridgehead atoms. The number of hydrogen-bond acceptors (Lipinski definition) is 4. The Morgan fingerprint density at radius 1 is 1.75 bits per heavy atom. The molecule has 1 unspecified atom stereocenters. The van der Waals surface area contributed by atoms with Crippen molar-refractivity contribution in [1.29, 1.82) is 0 Å². The first kappa shape index (κ1) is 13.0. The molecule has 1 aliphatic rings. The van der Waals surface area contributed by atoms with Crippen LogP contribution >= 0.6 is 11.8 Å². The van der Waals surface area contributed by atoms with Gasteiger partial charge in [-0.15, -0.1) is 0 Å². The molecule has 0 aliphatic carbocycles. The van der Waals surface area contributed by atoms with E-state index in [1.54, 1.807) is 0 Å². The maximum Gasteiger partial charge on any atom is 0.431 e. The van der Waals surface area contributed by atoms with E-state index in [-0.39, 0.29) is 6.61 Å². The van der Waals surface area contributed by atoms with Crippen molar-refractivity contribution in [3.63, 3.8) is 0 Å². The van der Waals surface area contributed by atoms with Crippen LogP contribution in [0.15, 0.2) is 23.8 Å². The molecular weight excluding hydrogens is 243 g/mol. The molecule has 1 atom stereocenters. The van der Waals surface area contributed by atoms with Crippen molar-refractivity contribution in [2.45, 2.75) is 18.0 Å². The largest absolute Gasteiger partial charge is 0.459 e. The quantitative estimate of drug-likeness (QED) is 0.618. The highest BCUT2D eigenvalue weighted by Gasteiger charge is 2.47. The maximum absolute atomic E-state index is 12.3. The van der Waals surface area contributed by atoms with Crippen molar-refractivity contribution in [2.24, 2.45) is 0 Å². The second kappa shape index (κ2) is 4.40. The smallest absolute Gasteiger partial charge is 0.431 e. The van der Waals surface area contributed by atoms with Gasteiger partial charge in [0.25, 0.3) is 0 Å². The van der Waals surface area contributed by atoms with Crippen LogP contribution in [0, 0.1) is 0 Å². The Bertz CT molecular complexity index is 340. The number of ether oxygens (including phenoxy) is 1. The van der Waals surface area contributed by atoms with E-state index in [2.05, 4.69) is 11.9 Å². The molecule has 0 spiro atoms. The van der Waals surface area contributed by atoms with Crippen LogP contribution in [0.3, 0.4) is 0 Å². The Hall–Kier alpha value is -1.11. The molecule has 0 saturated heterocycles. The molecule has 0 amide bonds. The van der Waals surface area contributed by atoms with Gasteiger partial charge in [-0.25, -0.2) is 4.79 Å². The number of rotatable bonds is 3. The number of allylic oxidation sites excluding steroid dienone is 1. The number of esters is 1. The molecule has 3 nitrogen and oxygen atoms in total. The normalized spacial score (nSPS) is 24.6. The van der Waals surface area contributed by atoms with Gasteiger partial charge < -0.3 is 10.1 Å². The summed E-state index contributed by atoms with van der Waals surface area (Å²) < 4.78 is 41.6. The van der Waals surface area contributed by atoms with Crippen molar-refractivity contribution in [2.75, 3.05) is 6.61 Å². The lowest BCUT2D eigenvalue weighted by molar-refractivity contribution is -0.146. The highest BCUT2D eigenvalue weighted by atomic mass is 32.2. The summed E-state index contributed by atoms with van der Waals surface area (Å²) in [5.41, 5.74) is -0.935. The third-order valence-electron chi connectivity index (χ3n) is 1.81. The standard InChI is InChI=1S/C9H10F3NO2S/c1-3-4-15-7(14)8(2)13-6(5-16-8)9(10,11)12/h3,5,13H,1,4H2,2H3. The van der Waals surface area contributed by atoms with E-state index < -0.39 is 22.7 Å². The fourth-order valence-corrected chi connectivity index (χ4v) is 1.87. The van der Waals surface area contributed by atoms with Gasteiger partial charge in [0.1, 0.15) is 12.3 Å². The first-order valence-corrected chi connectivity index (χ1v) is 5.19. The van der Waals surface area contributed by atoms with E-state index >= 15 is 0 Å². The summed E-state index contributed by atoms with van der Waals surface area (Å²) in [5, 5.41) is 2.98. The fourth-order valence-electron chi connectivity index (χ4n) is 1.00. The van der Waals surface area contributed by atoms with Crippen LogP contribution in [0.5, 0.6) is 0 Å². The first-order chi connectivity index (χ1) is 7.29. The molecule has 0 aromatic rings. The molecule has 0 radical (unpaired) electrons. The number of thioether (sulfide) groups is 1. The van der Waals surface area contributed by atoms with Gasteiger partial charge in [-0.2, -0.15) is 13.2 Å². The number of carbonyl (C=O) groups excluding carboxylic acids is 1. The molecular formula is C9H10F3NO2S. The second-order valence-corrected chi connectivity index (χ2v) is 4.48. The average Bonchev–Trinajstić information content (AvgIpc) is 2.58. The minimum absolute atomic E-state index is 0.0297. The number of carbonyl (C=O) groups is 1. The van der Waals surface area contributed by atoms with Crippen molar-refractivity contribution in [3.05, 3.63) is 23.8 Å². The Morgan fingerprint density at radius 3 is 2.81 bits per heavy atom. The molecule has 1 N–H and O–H groups in total. The minimum atomic E-state index is -4.48. The molecule has 0 fully saturated rings. The predicted octanol–water partition coefficient (Wildman–Crippen LogP) is 2.17. The van der Waals surface area contributed by atoms with E-state index in [1.807, 2.05) is 0 Å². The summed E-state index contributed by atoms with van der Waals surface area (Å²) in [6.07, 6.45) is -3.14. The van der Waals surface area contributed by atoms with Gasteiger partial charge in [-0.3, -0.25) is 0 Å². The van der Waals surface area contributed by atoms with Crippen molar-refractivity contribution < 1.29 is 22.7 Å². The molecule has 1 rings (SSSR count). The van der Waals surface area contributed by atoms with Crippen molar-refractivity contribution >= 4 is 17.7 Å². The summed E-state index contributed by atoms with van der Waals surface area (Å²) in [7, 11) is 0. The van der Waals surface area contributed by atoms with Gasteiger partial charge in [-0.1, -0.05) is 24.4 Å².